The Morgan fingerprint density at radius 2 is 2.05 bits per heavy atom. The molecule has 0 fully saturated rings. The van der Waals surface area contributed by atoms with Crippen LogP contribution in [-0.2, 0) is 10.0 Å². The Morgan fingerprint density at radius 1 is 1.36 bits per heavy atom. The van der Waals surface area contributed by atoms with Crippen molar-refractivity contribution in [2.75, 3.05) is 6.98 Å². The van der Waals surface area contributed by atoms with E-state index in [-0.39, 0.29) is 10.5 Å². The molecule has 114 valence electrons. The third kappa shape index (κ3) is 3.28. The van der Waals surface area contributed by atoms with Gasteiger partial charge < -0.3 is 0 Å². The zero-order valence-corrected chi connectivity index (χ0v) is 13.1. The Bertz CT molecular complexity index is 909. The maximum atomic E-state index is 12.9. The zero-order chi connectivity index (χ0) is 18.8. The van der Waals surface area contributed by atoms with Gasteiger partial charge in [-0.3, -0.25) is 4.98 Å². The summed E-state index contributed by atoms with van der Waals surface area (Å²) in [5, 5.41) is 9.37. The lowest BCUT2D eigenvalue weighted by molar-refractivity contribution is 0.398. The van der Waals surface area contributed by atoms with Crippen molar-refractivity contribution in [3.63, 3.8) is 0 Å². The van der Waals surface area contributed by atoms with Gasteiger partial charge in [-0.1, -0.05) is 23.7 Å². The molecule has 1 aromatic heterocycles. The third-order valence-electron chi connectivity index (χ3n) is 3.10. The highest BCUT2D eigenvalue weighted by Crippen LogP contribution is 2.26. The summed E-state index contributed by atoms with van der Waals surface area (Å²) >= 11 is 5.82. The molecule has 0 amide bonds. The fourth-order valence-electron chi connectivity index (χ4n) is 1.82. The number of rotatable bonds is 4. The molecule has 1 heterocycles. The minimum Gasteiger partial charge on any atom is -0.262 e. The number of sulfonamides is 1. The summed E-state index contributed by atoms with van der Waals surface area (Å²) < 4.78 is 49.3. The maximum Gasteiger partial charge on any atom is 0.244 e. The van der Waals surface area contributed by atoms with Gasteiger partial charge in [-0.2, -0.15) is 9.57 Å². The Labute approximate surface area is 139 Å². The van der Waals surface area contributed by atoms with E-state index in [0.29, 0.717) is 14.9 Å². The number of benzene rings is 1. The van der Waals surface area contributed by atoms with Crippen molar-refractivity contribution < 1.29 is 12.5 Å². The quantitative estimate of drug-likeness (QED) is 0.858. The molecule has 2 rings (SSSR count). The number of halogens is 1. The molecule has 2 aromatic rings. The normalized spacial score (nSPS) is 15.5. The minimum atomic E-state index is -4.42. The molecule has 0 aliphatic heterocycles. The van der Waals surface area contributed by atoms with Gasteiger partial charge in [0.15, 0.2) is 0 Å². The van der Waals surface area contributed by atoms with Crippen molar-refractivity contribution in [3.05, 3.63) is 58.9 Å². The lowest BCUT2D eigenvalue weighted by Crippen LogP contribution is -2.30. The standard InChI is InChI=1S/C15H14ClN3O2S/c1-11(13-3-5-14(16)6-4-13)19(2)22(20,21)15-7-12(8-17)9-18-10-15/h3-7,9-11H,1-2H3/t11-/m0/s1/i2D3. The number of nitrogens with zero attached hydrogens (tertiary/aromatic N) is 3. The van der Waals surface area contributed by atoms with Crippen molar-refractivity contribution in [1.82, 2.24) is 9.29 Å². The van der Waals surface area contributed by atoms with Crippen LogP contribution in [-0.4, -0.2) is 24.7 Å². The summed E-state index contributed by atoms with van der Waals surface area (Å²) in [5.41, 5.74) is 0.485. The predicted molar refractivity (Wildman–Crippen MR) is 83.8 cm³/mol. The van der Waals surface area contributed by atoms with E-state index in [1.165, 1.54) is 13.1 Å². The molecule has 0 aliphatic rings. The van der Waals surface area contributed by atoms with Crippen molar-refractivity contribution >= 4 is 21.6 Å². The molecule has 0 spiro atoms. The average Bonchev–Trinajstić information content (AvgIpc) is 2.54. The van der Waals surface area contributed by atoms with E-state index in [0.717, 1.165) is 12.3 Å². The maximum absolute atomic E-state index is 12.9. The summed E-state index contributed by atoms with van der Waals surface area (Å²) in [6, 6.07) is 8.11. The Balaban J connectivity index is 2.57. The second-order valence-corrected chi connectivity index (χ2v) is 6.80. The lowest BCUT2D eigenvalue weighted by Gasteiger charge is -2.24. The van der Waals surface area contributed by atoms with Crippen molar-refractivity contribution in [1.29, 1.82) is 5.26 Å². The molecule has 0 radical (unpaired) electrons. The van der Waals surface area contributed by atoms with E-state index < -0.39 is 23.0 Å². The topological polar surface area (TPSA) is 74.1 Å². The van der Waals surface area contributed by atoms with Crippen LogP contribution in [0.1, 0.15) is 28.2 Å². The van der Waals surface area contributed by atoms with Gasteiger partial charge in [-0.15, -0.1) is 0 Å². The molecule has 22 heavy (non-hydrogen) atoms. The first-order valence-corrected chi connectivity index (χ1v) is 8.04. The van der Waals surface area contributed by atoms with Gasteiger partial charge in [-0.05, 0) is 30.7 Å². The van der Waals surface area contributed by atoms with Gasteiger partial charge in [-0.25, -0.2) is 8.42 Å². The number of hydrogen-bond donors (Lipinski definition) is 0. The molecular weight excluding hydrogens is 322 g/mol. The van der Waals surface area contributed by atoms with Crippen LogP contribution in [0, 0.1) is 11.3 Å². The Kier molecular flexibility index (Phi) is 3.69. The number of aromatic nitrogens is 1. The van der Waals surface area contributed by atoms with E-state index >= 15 is 0 Å². The minimum absolute atomic E-state index is 0.0192. The molecule has 1 atom stereocenters. The summed E-state index contributed by atoms with van der Waals surface area (Å²) in [7, 11) is -4.42. The number of nitriles is 1. The van der Waals surface area contributed by atoms with Crippen LogP contribution in [0.15, 0.2) is 47.6 Å². The molecule has 5 nitrogen and oxygen atoms in total. The number of pyridine rings is 1. The second-order valence-electron chi connectivity index (χ2n) is 4.55. The molecule has 0 unspecified atom stereocenters. The van der Waals surface area contributed by atoms with Gasteiger partial charge in [0.1, 0.15) is 11.0 Å². The zero-order valence-electron chi connectivity index (χ0n) is 14.6. The van der Waals surface area contributed by atoms with E-state index in [1.54, 1.807) is 30.3 Å². The fraction of sp³-hybridized carbons (Fsp3) is 0.200. The van der Waals surface area contributed by atoms with Gasteiger partial charge in [0, 0.05) is 34.5 Å². The molecule has 0 saturated carbocycles. The van der Waals surface area contributed by atoms with E-state index in [2.05, 4.69) is 4.98 Å². The van der Waals surface area contributed by atoms with Gasteiger partial charge in [0.25, 0.3) is 0 Å². The third-order valence-corrected chi connectivity index (χ3v) is 5.01. The summed E-state index contributed by atoms with van der Waals surface area (Å²) in [6.45, 7) is -1.46. The van der Waals surface area contributed by atoms with Crippen LogP contribution in [0.5, 0.6) is 0 Å². The van der Waals surface area contributed by atoms with E-state index in [1.807, 2.05) is 0 Å². The SMILES string of the molecule is [2H]C([2H])([2H])N([C@@H](C)c1ccc(Cl)cc1)S(=O)(=O)c1cncc(C#N)c1. The summed E-state index contributed by atoms with van der Waals surface area (Å²) in [6.07, 6.45) is 2.21. The predicted octanol–water partition coefficient (Wildman–Crippen LogP) is 2.99. The molecule has 7 heteroatoms. The Morgan fingerprint density at radius 3 is 2.64 bits per heavy atom. The van der Waals surface area contributed by atoms with Crippen molar-refractivity contribution in [3.8, 4) is 6.07 Å². The fourth-order valence-corrected chi connectivity index (χ4v) is 3.18. The second kappa shape index (κ2) is 6.44. The van der Waals surface area contributed by atoms with Crippen molar-refractivity contribution in [2.24, 2.45) is 0 Å². The highest BCUT2D eigenvalue weighted by Gasteiger charge is 2.26. The summed E-state index contributed by atoms with van der Waals surface area (Å²) in [4.78, 5) is 3.34. The van der Waals surface area contributed by atoms with Crippen molar-refractivity contribution in [2.45, 2.75) is 17.9 Å². The highest BCUT2D eigenvalue weighted by atomic mass is 35.5. The largest absolute Gasteiger partial charge is 0.262 e. The van der Waals surface area contributed by atoms with Crippen LogP contribution >= 0.6 is 11.6 Å². The summed E-state index contributed by atoms with van der Waals surface area (Å²) in [5.74, 6) is 0. The smallest absolute Gasteiger partial charge is 0.244 e. The van der Waals surface area contributed by atoms with Crippen LogP contribution in [0.25, 0.3) is 0 Å². The molecule has 1 aromatic carbocycles. The Hall–Kier alpha value is -1.94. The first-order valence-electron chi connectivity index (χ1n) is 7.72. The highest BCUT2D eigenvalue weighted by molar-refractivity contribution is 7.89. The molecule has 0 N–H and O–H groups in total. The average molecular weight is 339 g/mol. The van der Waals surface area contributed by atoms with Gasteiger partial charge >= 0.3 is 0 Å². The van der Waals surface area contributed by atoms with E-state index in [4.69, 9.17) is 21.0 Å². The van der Waals surface area contributed by atoms with E-state index in [9.17, 15) is 8.42 Å². The monoisotopic (exact) mass is 338 g/mol. The first-order chi connectivity index (χ1) is 11.6. The van der Waals surface area contributed by atoms with Gasteiger partial charge in [0.2, 0.25) is 10.0 Å². The van der Waals surface area contributed by atoms with Gasteiger partial charge in [0.05, 0.1) is 5.56 Å². The first kappa shape index (κ1) is 12.6. The molecule has 0 bridgehead atoms. The van der Waals surface area contributed by atoms with Crippen LogP contribution in [0.3, 0.4) is 0 Å². The molecular formula is C15H14ClN3O2S. The lowest BCUT2D eigenvalue weighted by atomic mass is 10.1. The van der Waals surface area contributed by atoms with Crippen LogP contribution < -0.4 is 0 Å². The number of hydrogen-bond acceptors (Lipinski definition) is 4. The van der Waals surface area contributed by atoms with Crippen LogP contribution in [0.2, 0.25) is 5.02 Å². The molecule has 0 saturated heterocycles. The van der Waals surface area contributed by atoms with Crippen LogP contribution in [0.4, 0.5) is 0 Å². The molecule has 0 aliphatic carbocycles.